The molecule has 7 heteroatoms. The molecular formula is C19H28N2O5. The summed E-state index contributed by atoms with van der Waals surface area (Å²) >= 11 is 0. The molecule has 1 aromatic rings. The lowest BCUT2D eigenvalue weighted by Crippen LogP contribution is -2.47. The Morgan fingerprint density at radius 2 is 1.92 bits per heavy atom. The number of ether oxygens (including phenoxy) is 2. The molecule has 1 aromatic carbocycles. The molecule has 1 aliphatic rings. The molecular weight excluding hydrogens is 336 g/mol. The highest BCUT2D eigenvalue weighted by Crippen LogP contribution is 2.14. The zero-order chi connectivity index (χ0) is 18.9. The summed E-state index contributed by atoms with van der Waals surface area (Å²) in [5.74, 6) is 0.631. The predicted molar refractivity (Wildman–Crippen MR) is 97.6 cm³/mol. The fraction of sp³-hybridized carbons (Fsp3) is 0.579. The van der Waals surface area contributed by atoms with Crippen molar-refractivity contribution in [3.8, 4) is 5.75 Å². The van der Waals surface area contributed by atoms with Crippen LogP contribution in [-0.2, 0) is 4.74 Å². The first-order chi connectivity index (χ1) is 12.5. The molecule has 2 rings (SSSR count). The number of aliphatic hydroxyl groups excluding tert-OH is 1. The van der Waals surface area contributed by atoms with Crippen LogP contribution in [0.5, 0.6) is 5.75 Å². The van der Waals surface area contributed by atoms with Gasteiger partial charge in [0.2, 0.25) is 0 Å². The minimum atomic E-state index is -0.634. The number of likely N-dealkylation sites (tertiary alicyclic amines) is 1. The number of rotatable bonds is 8. The van der Waals surface area contributed by atoms with Gasteiger partial charge < -0.3 is 24.8 Å². The lowest BCUT2D eigenvalue weighted by atomic mass is 10.1. The van der Waals surface area contributed by atoms with Gasteiger partial charge in [-0.15, -0.1) is 0 Å². The van der Waals surface area contributed by atoms with E-state index < -0.39 is 6.10 Å². The number of carbonyl (C=O) groups excluding carboxylic acids is 2. The summed E-state index contributed by atoms with van der Waals surface area (Å²) in [5.41, 5.74) is 0.633. The van der Waals surface area contributed by atoms with Crippen molar-refractivity contribution in [1.82, 2.24) is 10.2 Å². The van der Waals surface area contributed by atoms with Crippen molar-refractivity contribution in [3.05, 3.63) is 29.8 Å². The quantitative estimate of drug-likeness (QED) is 0.685. The van der Waals surface area contributed by atoms with Gasteiger partial charge in [0.1, 0.15) is 18.5 Å². The molecule has 2 N–H and O–H groups in total. The average molecular weight is 364 g/mol. The number of aliphatic hydroxyl groups is 1. The normalized spacial score (nSPS) is 16.2. The van der Waals surface area contributed by atoms with Crippen molar-refractivity contribution in [2.45, 2.75) is 38.8 Å². The van der Waals surface area contributed by atoms with Crippen molar-refractivity contribution >= 4 is 11.9 Å². The summed E-state index contributed by atoms with van der Waals surface area (Å²) in [7, 11) is 0. The monoisotopic (exact) mass is 364 g/mol. The molecule has 144 valence electrons. The third-order valence-corrected chi connectivity index (χ3v) is 4.37. The Hall–Kier alpha value is -2.12. The number of amides is 1. The van der Waals surface area contributed by atoms with E-state index >= 15 is 0 Å². The molecule has 0 saturated carbocycles. The van der Waals surface area contributed by atoms with Gasteiger partial charge in [0.15, 0.2) is 5.78 Å². The number of piperidine rings is 1. The van der Waals surface area contributed by atoms with E-state index in [1.165, 1.54) is 6.92 Å². The fourth-order valence-electron chi connectivity index (χ4n) is 2.82. The average Bonchev–Trinajstić information content (AvgIpc) is 2.65. The number of nitrogens with zero attached hydrogens (tertiary/aromatic N) is 1. The summed E-state index contributed by atoms with van der Waals surface area (Å²) in [6.45, 7) is 5.62. The lowest BCUT2D eigenvalue weighted by molar-refractivity contribution is 0.0860. The van der Waals surface area contributed by atoms with E-state index in [2.05, 4.69) is 5.32 Å². The van der Waals surface area contributed by atoms with Crippen LogP contribution in [0, 0.1) is 0 Å². The number of ketones is 1. The number of hydrogen-bond acceptors (Lipinski definition) is 6. The van der Waals surface area contributed by atoms with Crippen LogP contribution in [-0.4, -0.2) is 66.9 Å². The van der Waals surface area contributed by atoms with Gasteiger partial charge in [0, 0.05) is 31.2 Å². The zero-order valence-corrected chi connectivity index (χ0v) is 15.4. The first kappa shape index (κ1) is 20.2. The Bertz CT molecular complexity index is 582. The molecule has 1 fully saturated rings. The highest BCUT2D eigenvalue weighted by molar-refractivity contribution is 5.94. The van der Waals surface area contributed by atoms with Crippen LogP contribution in [0.15, 0.2) is 24.3 Å². The Morgan fingerprint density at radius 1 is 1.27 bits per heavy atom. The molecule has 0 unspecified atom stereocenters. The fourth-order valence-corrected chi connectivity index (χ4v) is 2.82. The van der Waals surface area contributed by atoms with Crippen LogP contribution in [0.2, 0.25) is 0 Å². The van der Waals surface area contributed by atoms with E-state index in [0.717, 1.165) is 12.8 Å². The highest BCUT2D eigenvalue weighted by Gasteiger charge is 2.23. The Morgan fingerprint density at radius 3 is 2.50 bits per heavy atom. The minimum absolute atomic E-state index is 0.00906. The Balaban J connectivity index is 1.64. The van der Waals surface area contributed by atoms with Gasteiger partial charge in [0.25, 0.3) is 0 Å². The van der Waals surface area contributed by atoms with Crippen molar-refractivity contribution in [1.29, 1.82) is 0 Å². The van der Waals surface area contributed by atoms with Gasteiger partial charge in [0.05, 0.1) is 6.61 Å². The number of nitrogens with one attached hydrogen (secondary N) is 1. The van der Waals surface area contributed by atoms with Crippen molar-refractivity contribution in [3.63, 3.8) is 0 Å². The molecule has 26 heavy (non-hydrogen) atoms. The minimum Gasteiger partial charge on any atom is -0.491 e. The van der Waals surface area contributed by atoms with Crippen LogP contribution < -0.4 is 10.1 Å². The van der Waals surface area contributed by atoms with Crippen molar-refractivity contribution in [2.75, 3.05) is 32.8 Å². The predicted octanol–water partition coefficient (Wildman–Crippen LogP) is 1.84. The highest BCUT2D eigenvalue weighted by atomic mass is 16.6. The molecule has 1 saturated heterocycles. The largest absolute Gasteiger partial charge is 0.491 e. The number of carbonyl (C=O) groups is 2. The van der Waals surface area contributed by atoms with Crippen LogP contribution in [0.4, 0.5) is 4.79 Å². The number of Topliss-reactive ketones (excluding diaryl/α,β-unsaturated/α-hetero) is 1. The van der Waals surface area contributed by atoms with E-state index in [9.17, 15) is 14.7 Å². The maximum atomic E-state index is 11.7. The first-order valence-corrected chi connectivity index (χ1v) is 9.06. The van der Waals surface area contributed by atoms with Gasteiger partial charge in [-0.25, -0.2) is 4.79 Å². The smallest absolute Gasteiger partial charge is 0.409 e. The second kappa shape index (κ2) is 10.1. The Labute approximate surface area is 154 Å². The van der Waals surface area contributed by atoms with Crippen molar-refractivity contribution in [2.24, 2.45) is 0 Å². The molecule has 0 aromatic heterocycles. The molecule has 0 spiro atoms. The summed E-state index contributed by atoms with van der Waals surface area (Å²) in [4.78, 5) is 24.6. The molecule has 0 radical (unpaired) electrons. The van der Waals surface area contributed by atoms with E-state index in [0.29, 0.717) is 37.6 Å². The van der Waals surface area contributed by atoms with Crippen LogP contribution in [0.25, 0.3) is 0 Å². The van der Waals surface area contributed by atoms with Gasteiger partial charge in [-0.3, -0.25) is 4.79 Å². The molecule has 1 heterocycles. The second-order valence-corrected chi connectivity index (χ2v) is 6.41. The number of benzene rings is 1. The van der Waals surface area contributed by atoms with Gasteiger partial charge >= 0.3 is 6.09 Å². The van der Waals surface area contributed by atoms with Crippen LogP contribution >= 0.6 is 0 Å². The van der Waals surface area contributed by atoms with Gasteiger partial charge in [-0.1, -0.05) is 0 Å². The molecule has 0 aliphatic carbocycles. The molecule has 7 nitrogen and oxygen atoms in total. The van der Waals surface area contributed by atoms with Crippen molar-refractivity contribution < 1.29 is 24.2 Å². The van der Waals surface area contributed by atoms with Crippen LogP contribution in [0.3, 0.4) is 0 Å². The first-order valence-electron chi connectivity index (χ1n) is 9.06. The molecule has 0 bridgehead atoms. The standard InChI is InChI=1S/C19H28N2O5/c1-3-25-19(24)21-10-8-16(9-11-21)20-12-17(23)13-26-18-6-4-15(5-7-18)14(2)22/h4-7,16-17,20,23H,3,8-13H2,1-2H3/t17-/m1/s1. The summed E-state index contributed by atoms with van der Waals surface area (Å²) in [6.07, 6.45) is 0.776. The summed E-state index contributed by atoms with van der Waals surface area (Å²) < 4.78 is 10.5. The second-order valence-electron chi connectivity index (χ2n) is 6.41. The van der Waals surface area contributed by atoms with Gasteiger partial charge in [-0.05, 0) is 51.0 Å². The summed E-state index contributed by atoms with van der Waals surface area (Å²) in [5, 5.41) is 13.4. The maximum absolute atomic E-state index is 11.7. The van der Waals surface area contributed by atoms with Gasteiger partial charge in [-0.2, -0.15) is 0 Å². The molecule has 1 amide bonds. The SMILES string of the molecule is CCOC(=O)N1CCC(NC[C@@H](O)COc2ccc(C(C)=O)cc2)CC1. The third kappa shape index (κ3) is 6.31. The Kier molecular flexibility index (Phi) is 7.87. The molecule has 1 aliphatic heterocycles. The number of hydrogen-bond donors (Lipinski definition) is 2. The third-order valence-electron chi connectivity index (χ3n) is 4.37. The van der Waals surface area contributed by atoms with E-state index in [1.807, 2.05) is 0 Å². The van der Waals surface area contributed by atoms with E-state index in [4.69, 9.17) is 9.47 Å². The zero-order valence-electron chi connectivity index (χ0n) is 15.4. The molecule has 1 atom stereocenters. The lowest BCUT2D eigenvalue weighted by Gasteiger charge is -2.32. The van der Waals surface area contributed by atoms with E-state index in [-0.39, 0.29) is 24.5 Å². The maximum Gasteiger partial charge on any atom is 0.409 e. The van der Waals surface area contributed by atoms with E-state index in [1.54, 1.807) is 36.1 Å². The topological polar surface area (TPSA) is 88.1 Å². The summed E-state index contributed by atoms with van der Waals surface area (Å²) in [6, 6.07) is 7.13. The van der Waals surface area contributed by atoms with Crippen LogP contribution in [0.1, 0.15) is 37.0 Å².